The molecule has 8 heteroatoms. The first kappa shape index (κ1) is 15.4. The fourth-order valence-corrected chi connectivity index (χ4v) is 3.14. The van der Waals surface area contributed by atoms with Gasteiger partial charge >= 0.3 is 5.97 Å². The van der Waals surface area contributed by atoms with Crippen LogP contribution in [0.3, 0.4) is 0 Å². The molecule has 2 aliphatic heterocycles. The fraction of sp³-hybridized carbons (Fsp3) is 0.786. The van der Waals surface area contributed by atoms with Gasteiger partial charge in [0.05, 0.1) is 13.2 Å². The molecule has 0 spiro atoms. The molecule has 1 aromatic rings. The van der Waals surface area contributed by atoms with Gasteiger partial charge in [-0.3, -0.25) is 14.6 Å². The van der Waals surface area contributed by atoms with Crippen LogP contribution in [0, 0.1) is 0 Å². The number of rotatable bonds is 5. The standard InChI is InChI=1S/C14H22N4O4/c1-2-12-15-11(16-22-12)9-17-4-6-18(7-5-17)14(13(19)20)3-8-21-10-14/h2-10H2,1H3,(H,19,20). The zero-order valence-electron chi connectivity index (χ0n) is 12.8. The van der Waals surface area contributed by atoms with Gasteiger partial charge < -0.3 is 14.4 Å². The highest BCUT2D eigenvalue weighted by atomic mass is 16.5. The minimum atomic E-state index is -0.840. The molecule has 0 aromatic carbocycles. The Hall–Kier alpha value is -1.51. The van der Waals surface area contributed by atoms with E-state index in [-0.39, 0.29) is 6.61 Å². The largest absolute Gasteiger partial charge is 0.480 e. The van der Waals surface area contributed by atoms with Crippen molar-refractivity contribution in [2.45, 2.75) is 31.8 Å². The number of carboxylic acid groups (broad SMARTS) is 1. The van der Waals surface area contributed by atoms with Crippen molar-refractivity contribution >= 4 is 5.97 Å². The summed E-state index contributed by atoms with van der Waals surface area (Å²) in [6.07, 6.45) is 1.30. The third-order valence-corrected chi connectivity index (χ3v) is 4.55. The molecule has 1 atom stereocenters. The van der Waals surface area contributed by atoms with E-state index >= 15 is 0 Å². The molecule has 1 unspecified atom stereocenters. The lowest BCUT2D eigenvalue weighted by atomic mass is 9.95. The van der Waals surface area contributed by atoms with E-state index in [4.69, 9.17) is 9.26 Å². The van der Waals surface area contributed by atoms with Crippen molar-refractivity contribution in [2.24, 2.45) is 0 Å². The zero-order valence-corrected chi connectivity index (χ0v) is 12.8. The fourth-order valence-electron chi connectivity index (χ4n) is 3.14. The Kier molecular flexibility index (Phi) is 4.42. The lowest BCUT2D eigenvalue weighted by molar-refractivity contribution is -0.153. The van der Waals surface area contributed by atoms with Crippen molar-refractivity contribution in [2.75, 3.05) is 39.4 Å². The average Bonchev–Trinajstić information content (AvgIpc) is 3.17. The van der Waals surface area contributed by atoms with E-state index in [9.17, 15) is 9.90 Å². The highest BCUT2D eigenvalue weighted by molar-refractivity contribution is 5.79. The molecular formula is C14H22N4O4. The molecule has 122 valence electrons. The average molecular weight is 310 g/mol. The third-order valence-electron chi connectivity index (χ3n) is 4.55. The van der Waals surface area contributed by atoms with Gasteiger partial charge in [0, 0.05) is 45.6 Å². The number of carboxylic acids is 1. The second-order valence-corrected chi connectivity index (χ2v) is 5.86. The maximum atomic E-state index is 11.7. The number of aryl methyl sites for hydroxylation is 1. The van der Waals surface area contributed by atoms with Crippen molar-refractivity contribution in [3.05, 3.63) is 11.7 Å². The lowest BCUT2D eigenvalue weighted by Gasteiger charge is -2.42. The van der Waals surface area contributed by atoms with Gasteiger partial charge in [-0.25, -0.2) is 0 Å². The van der Waals surface area contributed by atoms with Crippen LogP contribution in [0.1, 0.15) is 25.1 Å². The van der Waals surface area contributed by atoms with E-state index in [1.165, 1.54) is 0 Å². The Bertz CT molecular complexity index is 519. The van der Waals surface area contributed by atoms with Gasteiger partial charge in [0.2, 0.25) is 5.89 Å². The molecule has 0 amide bonds. The van der Waals surface area contributed by atoms with E-state index in [1.807, 2.05) is 11.8 Å². The van der Waals surface area contributed by atoms with Crippen LogP contribution in [-0.4, -0.2) is 75.9 Å². The molecule has 2 saturated heterocycles. The quantitative estimate of drug-likeness (QED) is 0.812. The third kappa shape index (κ3) is 2.86. The number of aliphatic carboxylic acids is 1. The van der Waals surface area contributed by atoms with Crippen molar-refractivity contribution in [1.29, 1.82) is 0 Å². The van der Waals surface area contributed by atoms with E-state index in [2.05, 4.69) is 15.0 Å². The number of aromatic nitrogens is 2. The molecule has 22 heavy (non-hydrogen) atoms. The first-order valence-corrected chi connectivity index (χ1v) is 7.74. The van der Waals surface area contributed by atoms with Crippen LogP contribution in [0.2, 0.25) is 0 Å². The summed E-state index contributed by atoms with van der Waals surface area (Å²) < 4.78 is 10.5. The first-order chi connectivity index (χ1) is 10.6. The number of hydrogen-bond acceptors (Lipinski definition) is 7. The Morgan fingerprint density at radius 3 is 2.68 bits per heavy atom. The zero-order chi connectivity index (χ0) is 15.6. The molecule has 3 heterocycles. The van der Waals surface area contributed by atoms with Crippen molar-refractivity contribution in [1.82, 2.24) is 19.9 Å². The molecule has 1 N–H and O–H groups in total. The Morgan fingerprint density at radius 2 is 2.14 bits per heavy atom. The maximum Gasteiger partial charge on any atom is 0.326 e. The minimum Gasteiger partial charge on any atom is -0.480 e. The Labute approximate surface area is 129 Å². The topological polar surface area (TPSA) is 91.9 Å². The van der Waals surface area contributed by atoms with Gasteiger partial charge in [-0.05, 0) is 0 Å². The van der Waals surface area contributed by atoms with Crippen LogP contribution in [-0.2, 0) is 22.5 Å². The van der Waals surface area contributed by atoms with E-state index in [1.54, 1.807) is 0 Å². The van der Waals surface area contributed by atoms with Crippen molar-refractivity contribution in [3.8, 4) is 0 Å². The summed E-state index contributed by atoms with van der Waals surface area (Å²) in [6.45, 7) is 6.46. The number of carbonyl (C=O) groups is 1. The maximum absolute atomic E-state index is 11.7. The molecule has 1 aromatic heterocycles. The van der Waals surface area contributed by atoms with Crippen LogP contribution >= 0.6 is 0 Å². The van der Waals surface area contributed by atoms with E-state index in [0.29, 0.717) is 44.4 Å². The predicted molar refractivity (Wildman–Crippen MR) is 76.3 cm³/mol. The second kappa shape index (κ2) is 6.31. The van der Waals surface area contributed by atoms with Gasteiger partial charge in [-0.2, -0.15) is 4.98 Å². The van der Waals surface area contributed by atoms with Crippen LogP contribution in [0.15, 0.2) is 4.52 Å². The molecule has 8 nitrogen and oxygen atoms in total. The first-order valence-electron chi connectivity index (χ1n) is 7.74. The van der Waals surface area contributed by atoms with Gasteiger partial charge in [0.25, 0.3) is 0 Å². The molecule has 0 bridgehead atoms. The second-order valence-electron chi connectivity index (χ2n) is 5.86. The molecule has 0 aliphatic carbocycles. The number of piperazine rings is 1. The number of nitrogens with zero attached hydrogens (tertiary/aromatic N) is 4. The van der Waals surface area contributed by atoms with Crippen LogP contribution < -0.4 is 0 Å². The number of ether oxygens (including phenoxy) is 1. The highest BCUT2D eigenvalue weighted by Crippen LogP contribution is 2.28. The summed E-state index contributed by atoms with van der Waals surface area (Å²) in [7, 11) is 0. The van der Waals surface area contributed by atoms with Crippen molar-refractivity contribution in [3.63, 3.8) is 0 Å². The van der Waals surface area contributed by atoms with Gasteiger partial charge in [0.15, 0.2) is 5.82 Å². The normalized spacial score (nSPS) is 27.3. The van der Waals surface area contributed by atoms with Crippen LogP contribution in [0.5, 0.6) is 0 Å². The van der Waals surface area contributed by atoms with E-state index in [0.717, 1.165) is 19.5 Å². The van der Waals surface area contributed by atoms with Crippen molar-refractivity contribution < 1.29 is 19.2 Å². The van der Waals surface area contributed by atoms with Gasteiger partial charge in [-0.15, -0.1) is 0 Å². The molecule has 2 aliphatic rings. The molecule has 0 radical (unpaired) electrons. The monoisotopic (exact) mass is 310 g/mol. The predicted octanol–water partition coefficient (Wildman–Crippen LogP) is -0.00670. The minimum absolute atomic E-state index is 0.285. The molecular weight excluding hydrogens is 288 g/mol. The van der Waals surface area contributed by atoms with Crippen LogP contribution in [0.25, 0.3) is 0 Å². The summed E-state index contributed by atoms with van der Waals surface area (Å²) in [5.41, 5.74) is -0.840. The Balaban J connectivity index is 1.57. The molecule has 3 rings (SSSR count). The molecule has 0 saturated carbocycles. The van der Waals surface area contributed by atoms with Crippen LogP contribution in [0.4, 0.5) is 0 Å². The summed E-state index contributed by atoms with van der Waals surface area (Å²) in [6, 6.07) is 0. The Morgan fingerprint density at radius 1 is 1.36 bits per heavy atom. The van der Waals surface area contributed by atoms with Gasteiger partial charge in [0.1, 0.15) is 5.54 Å². The molecule has 2 fully saturated rings. The van der Waals surface area contributed by atoms with Gasteiger partial charge in [-0.1, -0.05) is 12.1 Å². The highest BCUT2D eigenvalue weighted by Gasteiger charge is 2.48. The summed E-state index contributed by atoms with van der Waals surface area (Å²) in [4.78, 5) is 20.3. The summed E-state index contributed by atoms with van der Waals surface area (Å²) >= 11 is 0. The van der Waals surface area contributed by atoms with E-state index < -0.39 is 11.5 Å². The summed E-state index contributed by atoms with van der Waals surface area (Å²) in [5.74, 6) is 0.577. The lowest BCUT2D eigenvalue weighted by Crippen LogP contribution is -2.61. The smallest absolute Gasteiger partial charge is 0.326 e. The summed E-state index contributed by atoms with van der Waals surface area (Å²) in [5, 5.41) is 13.5. The number of hydrogen-bond donors (Lipinski definition) is 1. The SMILES string of the molecule is CCc1nc(CN2CCN(C3(C(=O)O)CCOC3)CC2)no1.